The molecule has 0 bridgehead atoms. The first kappa shape index (κ1) is 12.5. The molecule has 0 aromatic heterocycles. The van der Waals surface area contributed by atoms with E-state index >= 15 is 0 Å². The Morgan fingerprint density at radius 1 is 1.35 bits per heavy atom. The first-order chi connectivity index (χ1) is 9.74. The molecule has 1 aromatic rings. The van der Waals surface area contributed by atoms with Crippen molar-refractivity contribution in [3.05, 3.63) is 23.8 Å². The van der Waals surface area contributed by atoms with Crippen LogP contribution in [0.5, 0.6) is 11.5 Å². The van der Waals surface area contributed by atoms with E-state index in [1.807, 2.05) is 0 Å². The Bertz CT molecular complexity index is 512. The molecule has 2 heterocycles. The van der Waals surface area contributed by atoms with Crippen molar-refractivity contribution in [2.75, 3.05) is 19.8 Å². The Hall–Kier alpha value is -1.22. The van der Waals surface area contributed by atoms with Crippen LogP contribution in [0.4, 0.5) is 0 Å². The van der Waals surface area contributed by atoms with Crippen molar-refractivity contribution in [1.29, 1.82) is 0 Å². The van der Waals surface area contributed by atoms with Gasteiger partial charge in [0.2, 0.25) is 0 Å². The molecular formula is C17H23NO2. The molecule has 3 nitrogen and oxygen atoms in total. The van der Waals surface area contributed by atoms with Crippen molar-refractivity contribution in [2.45, 2.75) is 44.1 Å². The Labute approximate surface area is 120 Å². The molecule has 0 radical (unpaired) electrons. The van der Waals surface area contributed by atoms with Crippen LogP contribution in [0.1, 0.15) is 44.1 Å². The highest BCUT2D eigenvalue weighted by atomic mass is 16.5. The predicted molar refractivity (Wildman–Crippen MR) is 78.5 cm³/mol. The zero-order valence-corrected chi connectivity index (χ0v) is 12.2. The fourth-order valence-corrected chi connectivity index (χ4v) is 3.71. The zero-order chi connectivity index (χ0) is 13.6. The minimum absolute atomic E-state index is 0.112. The Kier molecular flexibility index (Phi) is 2.92. The predicted octanol–water partition coefficient (Wildman–Crippen LogP) is 3.09. The van der Waals surface area contributed by atoms with Crippen LogP contribution < -0.4 is 14.8 Å². The molecule has 3 aliphatic rings. The molecule has 4 rings (SSSR count). The minimum Gasteiger partial charge on any atom is -0.493 e. The number of ether oxygens (including phenoxy) is 2. The molecule has 20 heavy (non-hydrogen) atoms. The number of nitrogens with one attached hydrogen (secondary N) is 1. The largest absolute Gasteiger partial charge is 0.493 e. The van der Waals surface area contributed by atoms with E-state index in [1.165, 1.54) is 31.2 Å². The lowest BCUT2D eigenvalue weighted by Gasteiger charge is -2.37. The number of hydrogen-bond acceptors (Lipinski definition) is 3. The molecule has 3 heteroatoms. The summed E-state index contributed by atoms with van der Waals surface area (Å²) in [6.07, 6.45) is 5.23. The van der Waals surface area contributed by atoms with Crippen LogP contribution in [0.25, 0.3) is 0 Å². The van der Waals surface area contributed by atoms with Crippen LogP contribution in [-0.4, -0.2) is 25.3 Å². The van der Waals surface area contributed by atoms with Crippen LogP contribution in [0, 0.1) is 5.92 Å². The maximum absolute atomic E-state index is 5.99. The third kappa shape index (κ3) is 1.99. The van der Waals surface area contributed by atoms with E-state index < -0.39 is 0 Å². The van der Waals surface area contributed by atoms with Crippen LogP contribution in [0.2, 0.25) is 0 Å². The fourth-order valence-electron chi connectivity index (χ4n) is 3.71. The van der Waals surface area contributed by atoms with E-state index in [9.17, 15) is 0 Å². The maximum atomic E-state index is 5.99. The third-order valence-corrected chi connectivity index (χ3v) is 5.33. The van der Waals surface area contributed by atoms with Gasteiger partial charge in [0.05, 0.1) is 12.1 Å². The molecule has 2 atom stereocenters. The second kappa shape index (κ2) is 4.66. The van der Waals surface area contributed by atoms with Crippen molar-refractivity contribution < 1.29 is 9.47 Å². The first-order valence-electron chi connectivity index (χ1n) is 7.89. The van der Waals surface area contributed by atoms with E-state index in [-0.39, 0.29) is 5.54 Å². The molecule has 108 valence electrons. The van der Waals surface area contributed by atoms with Gasteiger partial charge in [-0.25, -0.2) is 0 Å². The van der Waals surface area contributed by atoms with Gasteiger partial charge in [0, 0.05) is 12.0 Å². The van der Waals surface area contributed by atoms with Crippen LogP contribution >= 0.6 is 0 Å². The average molecular weight is 273 g/mol. The monoisotopic (exact) mass is 273 g/mol. The first-order valence-corrected chi connectivity index (χ1v) is 7.89. The highest BCUT2D eigenvalue weighted by Gasteiger charge is 2.44. The topological polar surface area (TPSA) is 30.5 Å². The molecule has 0 amide bonds. The van der Waals surface area contributed by atoms with Gasteiger partial charge in [0.1, 0.15) is 18.1 Å². The van der Waals surface area contributed by atoms with Gasteiger partial charge in [-0.1, -0.05) is 12.5 Å². The zero-order valence-electron chi connectivity index (χ0n) is 12.2. The summed E-state index contributed by atoms with van der Waals surface area (Å²) < 4.78 is 11.9. The molecule has 1 N–H and O–H groups in total. The van der Waals surface area contributed by atoms with Crippen molar-refractivity contribution in [3.8, 4) is 11.5 Å². The standard InChI is InChI=1S/C17H23NO2/c1-17-11-20-16-9-13(19-10-12-3-2-4-12)5-6-14(16)15(17)7-8-18-17/h5-6,9,12,15,18H,2-4,7-8,10-11H2,1H3/t15-,17+/m0/s1. The lowest BCUT2D eigenvalue weighted by Crippen LogP contribution is -2.48. The smallest absolute Gasteiger partial charge is 0.126 e. The van der Waals surface area contributed by atoms with Crippen LogP contribution in [0.15, 0.2) is 18.2 Å². The molecule has 1 aromatic carbocycles. The summed E-state index contributed by atoms with van der Waals surface area (Å²) in [6.45, 7) is 4.98. The average Bonchev–Trinajstić information content (AvgIpc) is 2.79. The summed E-state index contributed by atoms with van der Waals surface area (Å²) in [7, 11) is 0. The third-order valence-electron chi connectivity index (χ3n) is 5.33. The van der Waals surface area contributed by atoms with Gasteiger partial charge in [-0.2, -0.15) is 0 Å². The number of hydrogen-bond donors (Lipinski definition) is 1. The molecule has 1 saturated heterocycles. The normalized spacial score (nSPS) is 31.9. The molecule has 1 aliphatic carbocycles. The van der Waals surface area contributed by atoms with E-state index in [0.29, 0.717) is 5.92 Å². The summed E-state index contributed by atoms with van der Waals surface area (Å²) >= 11 is 0. The summed E-state index contributed by atoms with van der Waals surface area (Å²) in [6, 6.07) is 6.41. The molecule has 0 unspecified atom stereocenters. The molecular weight excluding hydrogens is 250 g/mol. The highest BCUT2D eigenvalue weighted by Crippen LogP contribution is 2.45. The van der Waals surface area contributed by atoms with E-state index in [0.717, 1.165) is 37.2 Å². The van der Waals surface area contributed by atoms with Gasteiger partial charge in [-0.15, -0.1) is 0 Å². The highest BCUT2D eigenvalue weighted by molar-refractivity contribution is 5.46. The van der Waals surface area contributed by atoms with E-state index in [2.05, 4.69) is 30.4 Å². The number of fused-ring (bicyclic) bond motifs is 3. The number of rotatable bonds is 3. The molecule has 2 aliphatic heterocycles. The molecule has 1 saturated carbocycles. The van der Waals surface area contributed by atoms with Crippen molar-refractivity contribution >= 4 is 0 Å². The Morgan fingerprint density at radius 3 is 3.05 bits per heavy atom. The number of benzene rings is 1. The summed E-state index contributed by atoms with van der Waals surface area (Å²) in [5, 5.41) is 3.59. The van der Waals surface area contributed by atoms with Gasteiger partial charge in [-0.3, -0.25) is 0 Å². The molecule has 0 spiro atoms. The Balaban J connectivity index is 1.52. The van der Waals surface area contributed by atoms with Crippen molar-refractivity contribution in [1.82, 2.24) is 5.32 Å². The van der Waals surface area contributed by atoms with Crippen molar-refractivity contribution in [2.24, 2.45) is 5.92 Å². The van der Waals surface area contributed by atoms with E-state index in [4.69, 9.17) is 9.47 Å². The van der Waals surface area contributed by atoms with Gasteiger partial charge < -0.3 is 14.8 Å². The summed E-state index contributed by atoms with van der Waals surface area (Å²) in [4.78, 5) is 0. The van der Waals surface area contributed by atoms with Gasteiger partial charge in [0.15, 0.2) is 0 Å². The second-order valence-electron chi connectivity index (χ2n) is 6.78. The quantitative estimate of drug-likeness (QED) is 0.918. The van der Waals surface area contributed by atoms with Gasteiger partial charge >= 0.3 is 0 Å². The SMILES string of the molecule is C[C@@]12COc3cc(OCC4CCC4)ccc3[C@@H]1CCN2. The maximum Gasteiger partial charge on any atom is 0.126 e. The van der Waals surface area contributed by atoms with Crippen LogP contribution in [-0.2, 0) is 0 Å². The minimum atomic E-state index is 0.112. The lowest BCUT2D eigenvalue weighted by atomic mass is 9.80. The lowest BCUT2D eigenvalue weighted by molar-refractivity contribution is 0.165. The summed E-state index contributed by atoms with van der Waals surface area (Å²) in [5.74, 6) is 3.34. The van der Waals surface area contributed by atoms with Gasteiger partial charge in [0.25, 0.3) is 0 Å². The van der Waals surface area contributed by atoms with Crippen LogP contribution in [0.3, 0.4) is 0 Å². The summed E-state index contributed by atoms with van der Waals surface area (Å²) in [5.41, 5.74) is 1.46. The fraction of sp³-hybridized carbons (Fsp3) is 0.647. The van der Waals surface area contributed by atoms with Gasteiger partial charge in [-0.05, 0) is 50.3 Å². The Morgan fingerprint density at radius 2 is 2.25 bits per heavy atom. The van der Waals surface area contributed by atoms with E-state index in [1.54, 1.807) is 0 Å². The second-order valence-corrected chi connectivity index (χ2v) is 6.78. The van der Waals surface area contributed by atoms with Crippen molar-refractivity contribution in [3.63, 3.8) is 0 Å². The molecule has 2 fully saturated rings.